The minimum Gasteiger partial charge on any atom is -0.392 e. The van der Waals surface area contributed by atoms with Gasteiger partial charge in [0.1, 0.15) is 0 Å². The fourth-order valence-corrected chi connectivity index (χ4v) is 3.35. The third-order valence-corrected chi connectivity index (χ3v) is 4.57. The lowest BCUT2D eigenvalue weighted by Gasteiger charge is -2.25. The second-order valence-electron chi connectivity index (χ2n) is 6.50. The van der Waals surface area contributed by atoms with E-state index in [1.165, 1.54) is 12.1 Å². The lowest BCUT2D eigenvalue weighted by molar-refractivity contribution is -0.387. The van der Waals surface area contributed by atoms with Gasteiger partial charge in [-0.25, -0.2) is 0 Å². The van der Waals surface area contributed by atoms with Crippen molar-refractivity contribution in [3.05, 3.63) is 75.1 Å². The summed E-state index contributed by atoms with van der Waals surface area (Å²) in [6.07, 6.45) is -4.96. The van der Waals surface area contributed by atoms with E-state index in [2.05, 4.69) is 0 Å². The normalized spacial score (nSPS) is 20.8. The van der Waals surface area contributed by atoms with Crippen molar-refractivity contribution in [3.63, 3.8) is 0 Å². The van der Waals surface area contributed by atoms with Crippen LogP contribution in [-0.4, -0.2) is 27.6 Å². The van der Waals surface area contributed by atoms with Gasteiger partial charge in [0, 0.05) is 25.2 Å². The third-order valence-electron chi connectivity index (χ3n) is 4.57. The monoisotopic (exact) mass is 384 g/mol. The number of halogens is 4. The molecule has 1 N–H and O–H groups in total. The number of nitro benzene ring substituents is 1. The lowest BCUT2D eigenvalue weighted by Crippen LogP contribution is -2.24. The third kappa shape index (κ3) is 4.25. The fraction of sp³-hybridized carbons (Fsp3) is 0.333. The standard InChI is InChI=1S/C18H16F4N2O3/c19-15-6-11(4-5-16(15)24(26)27)9-23-10-14(25)8-17(23)12-2-1-3-13(7-12)18(20,21)22/h1-7,14,17,25H,8-10H2. The van der Waals surface area contributed by atoms with Crippen LogP contribution in [0.4, 0.5) is 23.2 Å². The van der Waals surface area contributed by atoms with Crippen molar-refractivity contribution in [2.75, 3.05) is 6.54 Å². The average molecular weight is 384 g/mol. The predicted molar refractivity (Wildman–Crippen MR) is 88.3 cm³/mol. The maximum absolute atomic E-state index is 13.8. The molecule has 0 radical (unpaired) electrons. The molecule has 0 amide bonds. The summed E-state index contributed by atoms with van der Waals surface area (Å²) in [6.45, 7) is 0.354. The van der Waals surface area contributed by atoms with E-state index in [4.69, 9.17) is 0 Å². The summed E-state index contributed by atoms with van der Waals surface area (Å²) < 4.78 is 52.7. The van der Waals surface area contributed by atoms with E-state index >= 15 is 0 Å². The summed E-state index contributed by atoms with van der Waals surface area (Å²) in [7, 11) is 0. The maximum Gasteiger partial charge on any atom is 0.416 e. The first-order valence-corrected chi connectivity index (χ1v) is 8.17. The number of hydrogen-bond donors (Lipinski definition) is 1. The lowest BCUT2D eigenvalue weighted by atomic mass is 10.0. The van der Waals surface area contributed by atoms with Crippen LogP contribution in [0.3, 0.4) is 0 Å². The average Bonchev–Trinajstić information content (AvgIpc) is 2.94. The first kappa shape index (κ1) is 19.2. The summed E-state index contributed by atoms with van der Waals surface area (Å²) >= 11 is 0. The Balaban J connectivity index is 1.85. The number of likely N-dealkylation sites (tertiary alicyclic amines) is 1. The van der Waals surface area contributed by atoms with Crippen molar-refractivity contribution in [1.29, 1.82) is 0 Å². The molecule has 2 aromatic carbocycles. The van der Waals surface area contributed by atoms with Crippen LogP contribution >= 0.6 is 0 Å². The van der Waals surface area contributed by atoms with Crippen molar-refractivity contribution in [2.24, 2.45) is 0 Å². The van der Waals surface area contributed by atoms with Gasteiger partial charge in [-0.15, -0.1) is 0 Å². The Morgan fingerprint density at radius 2 is 1.96 bits per heavy atom. The Morgan fingerprint density at radius 1 is 1.22 bits per heavy atom. The molecule has 27 heavy (non-hydrogen) atoms. The summed E-state index contributed by atoms with van der Waals surface area (Å²) in [6, 6.07) is 7.91. The molecule has 3 rings (SSSR count). The highest BCUT2D eigenvalue weighted by Crippen LogP contribution is 2.37. The van der Waals surface area contributed by atoms with Crippen LogP contribution in [0.5, 0.6) is 0 Å². The van der Waals surface area contributed by atoms with E-state index in [-0.39, 0.29) is 19.5 Å². The molecule has 0 aliphatic carbocycles. The highest BCUT2D eigenvalue weighted by molar-refractivity contribution is 5.35. The molecule has 5 nitrogen and oxygen atoms in total. The van der Waals surface area contributed by atoms with Gasteiger partial charge >= 0.3 is 11.9 Å². The van der Waals surface area contributed by atoms with E-state index in [9.17, 15) is 32.8 Å². The van der Waals surface area contributed by atoms with Crippen molar-refractivity contribution in [1.82, 2.24) is 4.90 Å². The number of alkyl halides is 3. The van der Waals surface area contributed by atoms with Crippen LogP contribution in [0, 0.1) is 15.9 Å². The summed E-state index contributed by atoms with van der Waals surface area (Å²) in [5.41, 5.74) is -0.578. The summed E-state index contributed by atoms with van der Waals surface area (Å²) in [4.78, 5) is 11.6. The van der Waals surface area contributed by atoms with E-state index in [0.717, 1.165) is 24.3 Å². The van der Waals surface area contributed by atoms with Crippen molar-refractivity contribution in [3.8, 4) is 0 Å². The zero-order valence-corrected chi connectivity index (χ0v) is 14.0. The minimum absolute atomic E-state index is 0.146. The minimum atomic E-state index is -4.47. The van der Waals surface area contributed by atoms with E-state index in [1.807, 2.05) is 0 Å². The number of aliphatic hydroxyl groups is 1. The summed E-state index contributed by atoms with van der Waals surface area (Å²) in [5.74, 6) is -0.979. The number of rotatable bonds is 4. The molecule has 0 bridgehead atoms. The Labute approximate surface area is 152 Å². The Bertz CT molecular complexity index is 857. The first-order valence-electron chi connectivity index (χ1n) is 8.17. The highest BCUT2D eigenvalue weighted by atomic mass is 19.4. The molecule has 1 aliphatic heterocycles. The first-order chi connectivity index (χ1) is 12.6. The van der Waals surface area contributed by atoms with Crippen molar-refractivity contribution >= 4 is 5.69 Å². The van der Waals surface area contributed by atoms with Crippen LogP contribution in [0.2, 0.25) is 0 Å². The van der Waals surface area contributed by atoms with Gasteiger partial charge in [0.05, 0.1) is 16.6 Å². The molecule has 1 aliphatic rings. The van der Waals surface area contributed by atoms with Gasteiger partial charge in [-0.2, -0.15) is 17.6 Å². The predicted octanol–water partition coefficient (Wildman–Crippen LogP) is 4.06. The van der Waals surface area contributed by atoms with Crippen LogP contribution in [0.1, 0.15) is 29.2 Å². The maximum atomic E-state index is 13.8. The second kappa shape index (κ2) is 7.24. The molecule has 1 saturated heterocycles. The van der Waals surface area contributed by atoms with Gasteiger partial charge in [0.15, 0.2) is 0 Å². The van der Waals surface area contributed by atoms with Gasteiger partial charge < -0.3 is 5.11 Å². The molecular weight excluding hydrogens is 368 g/mol. The van der Waals surface area contributed by atoms with Gasteiger partial charge in [-0.3, -0.25) is 15.0 Å². The van der Waals surface area contributed by atoms with E-state index in [1.54, 1.807) is 11.0 Å². The van der Waals surface area contributed by atoms with Crippen LogP contribution in [-0.2, 0) is 12.7 Å². The van der Waals surface area contributed by atoms with Crippen LogP contribution in [0.15, 0.2) is 42.5 Å². The zero-order valence-electron chi connectivity index (χ0n) is 14.0. The number of hydrogen-bond acceptors (Lipinski definition) is 4. The second-order valence-corrected chi connectivity index (χ2v) is 6.50. The van der Waals surface area contributed by atoms with Crippen molar-refractivity contribution in [2.45, 2.75) is 31.3 Å². The van der Waals surface area contributed by atoms with E-state index < -0.39 is 40.3 Å². The quantitative estimate of drug-likeness (QED) is 0.490. The van der Waals surface area contributed by atoms with Gasteiger partial charge in [0.2, 0.25) is 5.82 Å². The topological polar surface area (TPSA) is 66.6 Å². The summed E-state index contributed by atoms with van der Waals surface area (Å²) in [5, 5.41) is 20.7. The number of nitro groups is 1. The molecular formula is C18H16F4N2O3. The Morgan fingerprint density at radius 3 is 2.59 bits per heavy atom. The smallest absolute Gasteiger partial charge is 0.392 e. The number of β-amino-alcohol motifs (C(OH)–C–C–N with tert-alkyl or cyclic N) is 1. The molecule has 2 atom stereocenters. The van der Waals surface area contributed by atoms with E-state index in [0.29, 0.717) is 11.1 Å². The molecule has 0 spiro atoms. The van der Waals surface area contributed by atoms with Crippen LogP contribution < -0.4 is 0 Å². The number of benzene rings is 2. The molecule has 144 valence electrons. The van der Waals surface area contributed by atoms with Gasteiger partial charge in [-0.05, 0) is 35.7 Å². The van der Waals surface area contributed by atoms with Gasteiger partial charge in [0.25, 0.3) is 0 Å². The highest BCUT2D eigenvalue weighted by Gasteiger charge is 2.35. The van der Waals surface area contributed by atoms with Gasteiger partial charge in [-0.1, -0.05) is 18.2 Å². The molecule has 0 saturated carbocycles. The number of nitrogens with zero attached hydrogens (tertiary/aromatic N) is 2. The molecule has 9 heteroatoms. The Kier molecular flexibility index (Phi) is 5.16. The molecule has 2 unspecified atom stereocenters. The largest absolute Gasteiger partial charge is 0.416 e. The molecule has 2 aromatic rings. The Hall–Kier alpha value is -2.52. The molecule has 1 fully saturated rings. The molecule has 1 heterocycles. The number of aliphatic hydroxyl groups excluding tert-OH is 1. The van der Waals surface area contributed by atoms with Crippen molar-refractivity contribution < 1.29 is 27.6 Å². The zero-order chi connectivity index (χ0) is 19.8. The SMILES string of the molecule is O=[N+]([O-])c1ccc(CN2CC(O)CC2c2cccc(C(F)(F)F)c2)cc1F. The van der Waals surface area contributed by atoms with Crippen LogP contribution in [0.25, 0.3) is 0 Å². The molecule has 0 aromatic heterocycles. The fourth-order valence-electron chi connectivity index (χ4n) is 3.35.